The molecule has 2 aliphatic heterocycles. The molecule has 14 heteroatoms. The number of H-pyrrole nitrogens is 1. The second-order valence-corrected chi connectivity index (χ2v) is 14.0. The van der Waals surface area contributed by atoms with Crippen molar-refractivity contribution in [3.63, 3.8) is 0 Å². The molecular formula is C37H46N8O6. The third-order valence-electron chi connectivity index (χ3n) is 9.75. The van der Waals surface area contributed by atoms with Crippen LogP contribution in [0.25, 0.3) is 33.8 Å². The number of benzene rings is 2. The van der Waals surface area contributed by atoms with Gasteiger partial charge in [-0.05, 0) is 73.9 Å². The van der Waals surface area contributed by atoms with Crippen molar-refractivity contribution in [1.82, 2.24) is 30.1 Å². The fraction of sp³-hybridized carbons (Fsp3) is 0.459. The van der Waals surface area contributed by atoms with E-state index in [1.807, 2.05) is 58.0 Å². The van der Waals surface area contributed by atoms with Crippen LogP contribution < -0.4 is 16.4 Å². The smallest absolute Gasteiger partial charge is 0.407 e. The molecule has 2 saturated heterocycles. The van der Waals surface area contributed by atoms with E-state index in [1.54, 1.807) is 28.1 Å². The molecule has 0 saturated carbocycles. The molecule has 5 N–H and O–H groups in total. The van der Waals surface area contributed by atoms with Gasteiger partial charge in [-0.15, -0.1) is 0 Å². The molecule has 4 heterocycles. The van der Waals surface area contributed by atoms with Gasteiger partial charge in [-0.2, -0.15) is 0 Å². The maximum atomic E-state index is 13.6. The molecule has 4 atom stereocenters. The molecule has 0 unspecified atom stereocenters. The van der Waals surface area contributed by atoms with Crippen LogP contribution in [0.1, 0.15) is 65.2 Å². The highest BCUT2D eigenvalue weighted by molar-refractivity contribution is 5.98. The predicted octanol–water partition coefficient (Wildman–Crippen LogP) is 4.84. The summed E-state index contributed by atoms with van der Waals surface area (Å²) in [6.45, 7) is 8.63. The van der Waals surface area contributed by atoms with Crippen molar-refractivity contribution in [2.24, 2.45) is 17.6 Å². The zero-order valence-electron chi connectivity index (χ0n) is 29.6. The Bertz CT molecular complexity index is 1920. The number of aromatic amines is 1. The number of likely N-dealkylation sites (tertiary alicyclic amines) is 2. The van der Waals surface area contributed by atoms with Crippen LogP contribution in [0.15, 0.2) is 53.1 Å². The van der Waals surface area contributed by atoms with E-state index in [-0.39, 0.29) is 35.6 Å². The summed E-state index contributed by atoms with van der Waals surface area (Å²) in [6, 6.07) is 10.8. The minimum atomic E-state index is -0.714. The van der Waals surface area contributed by atoms with Crippen molar-refractivity contribution in [3.05, 3.63) is 54.5 Å². The number of nitrogens with zero attached hydrogens (tertiary/aromatic N) is 4. The van der Waals surface area contributed by atoms with Gasteiger partial charge in [0.25, 0.3) is 0 Å². The van der Waals surface area contributed by atoms with E-state index in [1.165, 1.54) is 7.11 Å². The monoisotopic (exact) mass is 698 g/mol. The van der Waals surface area contributed by atoms with Gasteiger partial charge >= 0.3 is 6.09 Å². The fourth-order valence-electron chi connectivity index (χ4n) is 6.81. The maximum Gasteiger partial charge on any atom is 0.407 e. The Kier molecular flexibility index (Phi) is 10.4. The number of hydrogen-bond donors (Lipinski definition) is 4. The Hall–Kier alpha value is -5.24. The summed E-state index contributed by atoms with van der Waals surface area (Å²) < 4.78 is 10.9. The van der Waals surface area contributed by atoms with E-state index in [9.17, 15) is 19.2 Å². The number of methoxy groups -OCH3 is 1. The van der Waals surface area contributed by atoms with Gasteiger partial charge in [0.05, 0.1) is 36.4 Å². The number of carbonyl (C=O) groups is 4. The Balaban J connectivity index is 1.16. The first-order valence-corrected chi connectivity index (χ1v) is 17.5. The molecule has 51 heavy (non-hydrogen) atoms. The molecule has 14 nitrogen and oxygen atoms in total. The van der Waals surface area contributed by atoms with Gasteiger partial charge in [0.1, 0.15) is 17.9 Å². The molecule has 0 radical (unpaired) electrons. The van der Waals surface area contributed by atoms with Crippen LogP contribution in [0.5, 0.6) is 0 Å². The summed E-state index contributed by atoms with van der Waals surface area (Å²) in [5.41, 5.74) is 9.67. The van der Waals surface area contributed by atoms with Crippen molar-refractivity contribution < 1.29 is 28.3 Å². The topological polar surface area (TPSA) is 189 Å². The quantitative estimate of drug-likeness (QED) is 0.180. The summed E-state index contributed by atoms with van der Waals surface area (Å²) in [4.78, 5) is 67.8. The Morgan fingerprint density at radius 2 is 1.73 bits per heavy atom. The van der Waals surface area contributed by atoms with Crippen LogP contribution in [-0.4, -0.2) is 86.9 Å². The molecule has 4 aromatic rings. The Morgan fingerprint density at radius 1 is 0.961 bits per heavy atom. The highest BCUT2D eigenvalue weighted by Crippen LogP contribution is 2.34. The summed E-state index contributed by atoms with van der Waals surface area (Å²) in [5, 5.41) is 5.64. The average Bonchev–Trinajstić information content (AvgIpc) is 3.95. The number of amides is 4. The SMILES string of the molecule is COC(=O)N[C@H](C(=O)N1CCC[C@H]1c1nc2ccc(-c3cnc(-c4cccc(NC(=O)[C@@H]5CCCN5C(=O)[C@@H](N)C(C)C)c4)o3)cc2[nH]1)C(C)C. The minimum absolute atomic E-state index is 0.0231. The predicted molar refractivity (Wildman–Crippen MR) is 191 cm³/mol. The van der Waals surface area contributed by atoms with Crippen LogP contribution in [0.4, 0.5) is 10.5 Å². The average molecular weight is 699 g/mol. The van der Waals surface area contributed by atoms with Crippen molar-refractivity contribution >= 4 is 40.5 Å². The molecule has 2 aliphatic rings. The molecule has 2 fully saturated rings. The van der Waals surface area contributed by atoms with Crippen LogP contribution >= 0.6 is 0 Å². The third kappa shape index (κ3) is 7.46. The number of alkyl carbamates (subject to hydrolysis) is 1. The summed E-state index contributed by atoms with van der Waals surface area (Å²) in [7, 11) is 1.28. The second-order valence-electron chi connectivity index (χ2n) is 14.0. The number of fused-ring (bicyclic) bond motifs is 1. The molecule has 2 aromatic carbocycles. The lowest BCUT2D eigenvalue weighted by Crippen LogP contribution is -2.51. The molecule has 6 rings (SSSR count). The Labute approximate surface area is 296 Å². The summed E-state index contributed by atoms with van der Waals surface area (Å²) in [6.07, 6.45) is 3.90. The van der Waals surface area contributed by atoms with E-state index in [4.69, 9.17) is 19.9 Å². The van der Waals surface area contributed by atoms with Crippen LogP contribution in [0.3, 0.4) is 0 Å². The van der Waals surface area contributed by atoms with Gasteiger partial charge in [0.15, 0.2) is 5.76 Å². The van der Waals surface area contributed by atoms with Gasteiger partial charge in [0.2, 0.25) is 23.6 Å². The molecule has 0 bridgehead atoms. The van der Waals surface area contributed by atoms with E-state index < -0.39 is 24.2 Å². The van der Waals surface area contributed by atoms with Gasteiger partial charge in [0, 0.05) is 29.9 Å². The zero-order chi connectivity index (χ0) is 36.4. The van der Waals surface area contributed by atoms with Crippen LogP contribution in [-0.2, 0) is 19.1 Å². The molecular weight excluding hydrogens is 652 g/mol. The van der Waals surface area contributed by atoms with Crippen molar-refractivity contribution in [2.45, 2.75) is 77.5 Å². The molecule has 4 amide bonds. The lowest BCUT2D eigenvalue weighted by molar-refractivity contribution is -0.138. The largest absolute Gasteiger partial charge is 0.453 e. The number of nitrogens with two attached hydrogens (primary N) is 1. The molecule has 270 valence electrons. The standard InChI is InChI=1S/C37H46N8O6/c1-20(2)30(38)35(47)45-16-8-12-28(45)33(46)40-24-10-6-9-23(17-24)34-39-19-29(51-34)22-13-14-25-26(18-22)42-32(41-25)27-11-7-15-44(27)36(48)31(21(3)4)43-37(49)50-5/h6,9-10,13-14,17-21,27-28,30-31H,7-8,11-12,15-16,38H2,1-5H3,(H,40,46)(H,41,42)(H,43,49)/t27-,28-,30-,31-/m0/s1. The van der Waals surface area contributed by atoms with Gasteiger partial charge < -0.3 is 40.3 Å². The van der Waals surface area contributed by atoms with Crippen molar-refractivity contribution in [3.8, 4) is 22.8 Å². The van der Waals surface area contributed by atoms with Crippen LogP contribution in [0, 0.1) is 11.8 Å². The highest BCUT2D eigenvalue weighted by atomic mass is 16.5. The van der Waals surface area contributed by atoms with Gasteiger partial charge in [-0.3, -0.25) is 14.4 Å². The summed E-state index contributed by atoms with van der Waals surface area (Å²) in [5.74, 6) is 0.837. The van der Waals surface area contributed by atoms with Crippen molar-refractivity contribution in [1.29, 1.82) is 0 Å². The number of ether oxygens (including phenoxy) is 1. The van der Waals surface area contributed by atoms with Gasteiger partial charge in [-0.25, -0.2) is 14.8 Å². The van der Waals surface area contributed by atoms with Crippen LogP contribution in [0.2, 0.25) is 0 Å². The third-order valence-corrected chi connectivity index (χ3v) is 9.75. The van der Waals surface area contributed by atoms with E-state index in [0.29, 0.717) is 48.2 Å². The minimum Gasteiger partial charge on any atom is -0.453 e. The van der Waals surface area contributed by atoms with Crippen molar-refractivity contribution in [2.75, 3.05) is 25.5 Å². The molecule has 2 aromatic heterocycles. The number of anilines is 1. The maximum absolute atomic E-state index is 13.6. The number of rotatable bonds is 10. The van der Waals surface area contributed by atoms with E-state index in [2.05, 4.69) is 20.6 Å². The number of nitrogens with one attached hydrogen (secondary N) is 3. The first-order chi connectivity index (χ1) is 24.4. The Morgan fingerprint density at radius 3 is 2.47 bits per heavy atom. The normalized spacial score (nSPS) is 18.7. The number of hydrogen-bond acceptors (Lipinski definition) is 9. The highest BCUT2D eigenvalue weighted by Gasteiger charge is 2.38. The lowest BCUT2D eigenvalue weighted by Gasteiger charge is -2.29. The summed E-state index contributed by atoms with van der Waals surface area (Å²) >= 11 is 0. The number of oxazole rings is 1. The van der Waals surface area contributed by atoms with E-state index >= 15 is 0 Å². The lowest BCUT2D eigenvalue weighted by atomic mass is 10.0. The molecule has 0 spiro atoms. The fourth-order valence-corrected chi connectivity index (χ4v) is 6.81. The first kappa shape index (κ1) is 35.6. The number of aromatic nitrogens is 3. The molecule has 0 aliphatic carbocycles. The zero-order valence-corrected chi connectivity index (χ0v) is 29.6. The second kappa shape index (κ2) is 14.9. The number of imidazole rings is 1. The first-order valence-electron chi connectivity index (χ1n) is 17.5. The van der Waals surface area contributed by atoms with E-state index in [0.717, 1.165) is 35.9 Å². The number of carbonyl (C=O) groups excluding carboxylic acids is 4. The van der Waals surface area contributed by atoms with Gasteiger partial charge in [-0.1, -0.05) is 33.8 Å².